The van der Waals surface area contributed by atoms with Gasteiger partial charge in [-0.1, -0.05) is 0 Å². The standard InChI is InChI=1S/C11H18N2O3.C10H10N2O2/c14-9-12-6-7-16-10(8-12)11(15)13-4-2-1-3-5-13;1-5-3-4-7-6(2)8(9(11)13)14-10(7)12-5/h9-10H,1-8H2;3-4H,1-2H3,(H2,11,13). The Balaban J connectivity index is 0.000000172. The van der Waals surface area contributed by atoms with Gasteiger partial charge in [-0.2, -0.15) is 0 Å². The molecule has 9 heteroatoms. The first-order chi connectivity index (χ1) is 14.4. The Bertz CT molecular complexity index is 920. The van der Waals surface area contributed by atoms with Crippen LogP contribution in [0.4, 0.5) is 0 Å². The number of hydrogen-bond donors (Lipinski definition) is 1. The molecule has 30 heavy (non-hydrogen) atoms. The Hall–Kier alpha value is -2.94. The van der Waals surface area contributed by atoms with Crippen molar-refractivity contribution in [3.8, 4) is 0 Å². The fraction of sp³-hybridized carbons (Fsp3) is 0.524. The van der Waals surface area contributed by atoms with Crippen LogP contribution in [-0.2, 0) is 14.3 Å². The molecule has 2 fully saturated rings. The minimum absolute atomic E-state index is 0.0475. The van der Waals surface area contributed by atoms with E-state index in [-0.39, 0.29) is 11.7 Å². The number of aromatic nitrogens is 1. The van der Waals surface area contributed by atoms with E-state index in [1.54, 1.807) is 11.8 Å². The van der Waals surface area contributed by atoms with Gasteiger partial charge in [-0.15, -0.1) is 0 Å². The van der Waals surface area contributed by atoms with E-state index in [0.29, 0.717) is 25.4 Å². The second-order valence-electron chi connectivity index (χ2n) is 7.57. The Morgan fingerprint density at radius 3 is 2.57 bits per heavy atom. The molecule has 0 aromatic carbocycles. The number of likely N-dealkylation sites (tertiary alicyclic amines) is 1. The van der Waals surface area contributed by atoms with E-state index < -0.39 is 12.0 Å². The number of aryl methyl sites for hydroxylation is 2. The van der Waals surface area contributed by atoms with Gasteiger partial charge in [-0.25, -0.2) is 4.98 Å². The summed E-state index contributed by atoms with van der Waals surface area (Å²) in [6.07, 6.45) is 3.71. The third-order valence-corrected chi connectivity index (χ3v) is 5.36. The third kappa shape index (κ3) is 4.96. The number of carbonyl (C=O) groups excluding carboxylic acids is 3. The highest BCUT2D eigenvalue weighted by atomic mass is 16.5. The normalized spacial score (nSPS) is 19.2. The van der Waals surface area contributed by atoms with E-state index >= 15 is 0 Å². The number of morpholine rings is 1. The van der Waals surface area contributed by atoms with Gasteiger partial charge in [-0.3, -0.25) is 14.4 Å². The smallest absolute Gasteiger partial charge is 0.284 e. The van der Waals surface area contributed by atoms with Crippen LogP contribution in [0.15, 0.2) is 16.5 Å². The maximum atomic E-state index is 12.1. The molecule has 2 aromatic heterocycles. The lowest BCUT2D eigenvalue weighted by atomic mass is 10.1. The predicted octanol–water partition coefficient (Wildman–Crippen LogP) is 1.40. The third-order valence-electron chi connectivity index (χ3n) is 5.36. The lowest BCUT2D eigenvalue weighted by Gasteiger charge is -2.34. The van der Waals surface area contributed by atoms with Crippen LogP contribution in [-0.4, -0.2) is 71.9 Å². The van der Waals surface area contributed by atoms with Gasteiger partial charge in [-0.05, 0) is 45.2 Å². The van der Waals surface area contributed by atoms with E-state index in [1.165, 1.54) is 6.42 Å². The van der Waals surface area contributed by atoms with Crippen LogP contribution >= 0.6 is 0 Å². The fourth-order valence-electron chi connectivity index (χ4n) is 3.66. The number of ether oxygens (including phenoxy) is 1. The summed E-state index contributed by atoms with van der Waals surface area (Å²) in [5.74, 6) is -0.317. The van der Waals surface area contributed by atoms with E-state index in [4.69, 9.17) is 14.9 Å². The molecule has 2 saturated heterocycles. The molecular weight excluding hydrogens is 388 g/mol. The average Bonchev–Trinajstić information content (AvgIpc) is 3.10. The lowest BCUT2D eigenvalue weighted by Crippen LogP contribution is -2.51. The molecule has 2 aliphatic rings. The van der Waals surface area contributed by atoms with Crippen molar-refractivity contribution in [2.45, 2.75) is 39.2 Å². The molecule has 4 heterocycles. The first-order valence-corrected chi connectivity index (χ1v) is 10.2. The number of carbonyl (C=O) groups is 3. The number of rotatable bonds is 3. The quantitative estimate of drug-likeness (QED) is 0.756. The minimum Gasteiger partial charge on any atom is -0.432 e. The molecule has 3 amide bonds. The molecule has 0 radical (unpaired) electrons. The van der Waals surface area contributed by atoms with E-state index in [1.807, 2.05) is 24.0 Å². The first kappa shape index (κ1) is 21.8. The first-order valence-electron chi connectivity index (χ1n) is 10.2. The molecule has 0 saturated carbocycles. The predicted molar refractivity (Wildman–Crippen MR) is 110 cm³/mol. The number of piperidine rings is 1. The maximum Gasteiger partial charge on any atom is 0.284 e. The molecule has 1 atom stereocenters. The Morgan fingerprint density at radius 1 is 1.17 bits per heavy atom. The zero-order valence-electron chi connectivity index (χ0n) is 17.4. The van der Waals surface area contributed by atoms with Crippen molar-refractivity contribution in [2.24, 2.45) is 5.73 Å². The SMILES string of the molecule is Cc1ccc2c(C)c(C(N)=O)oc2n1.O=CN1CCOC(C(=O)N2CCCCC2)C1. The van der Waals surface area contributed by atoms with Crippen LogP contribution in [0.1, 0.15) is 41.1 Å². The molecule has 4 rings (SSSR count). The number of primary amides is 1. The van der Waals surface area contributed by atoms with Gasteiger partial charge in [0.1, 0.15) is 0 Å². The van der Waals surface area contributed by atoms with Gasteiger partial charge < -0.3 is 24.7 Å². The molecule has 9 nitrogen and oxygen atoms in total. The molecule has 0 spiro atoms. The second-order valence-corrected chi connectivity index (χ2v) is 7.57. The largest absolute Gasteiger partial charge is 0.432 e. The van der Waals surface area contributed by atoms with E-state index in [0.717, 1.165) is 49.0 Å². The number of amides is 3. The molecule has 0 bridgehead atoms. The summed E-state index contributed by atoms with van der Waals surface area (Å²) in [5, 5.41) is 0.837. The van der Waals surface area contributed by atoms with Gasteiger partial charge in [0.2, 0.25) is 12.1 Å². The summed E-state index contributed by atoms with van der Waals surface area (Å²) in [5.41, 5.74) is 7.22. The number of hydrogen-bond acceptors (Lipinski definition) is 6. The van der Waals surface area contributed by atoms with Crippen LogP contribution in [0.25, 0.3) is 11.1 Å². The number of nitrogens with zero attached hydrogens (tertiary/aromatic N) is 3. The highest BCUT2D eigenvalue weighted by Crippen LogP contribution is 2.23. The van der Waals surface area contributed by atoms with Gasteiger partial charge in [0.15, 0.2) is 11.9 Å². The van der Waals surface area contributed by atoms with Crippen molar-refractivity contribution < 1.29 is 23.5 Å². The Kier molecular flexibility index (Phi) is 7.04. The summed E-state index contributed by atoms with van der Waals surface area (Å²) >= 11 is 0. The number of nitrogens with two attached hydrogens (primary N) is 1. The van der Waals surface area contributed by atoms with E-state index in [9.17, 15) is 14.4 Å². The molecule has 2 aliphatic heterocycles. The summed E-state index contributed by atoms with van der Waals surface area (Å²) in [6, 6.07) is 3.75. The summed E-state index contributed by atoms with van der Waals surface area (Å²) < 4.78 is 10.7. The van der Waals surface area contributed by atoms with Crippen molar-refractivity contribution in [2.75, 3.05) is 32.8 Å². The summed E-state index contributed by atoms with van der Waals surface area (Å²) in [7, 11) is 0. The van der Waals surface area contributed by atoms with Crippen molar-refractivity contribution >= 4 is 29.3 Å². The summed E-state index contributed by atoms with van der Waals surface area (Å²) in [4.78, 5) is 41.3. The molecule has 2 N–H and O–H groups in total. The molecule has 0 aliphatic carbocycles. The monoisotopic (exact) mass is 416 g/mol. The van der Waals surface area contributed by atoms with Gasteiger partial charge in [0.05, 0.1) is 13.2 Å². The molecule has 1 unspecified atom stereocenters. The highest BCUT2D eigenvalue weighted by Gasteiger charge is 2.30. The number of fused-ring (bicyclic) bond motifs is 1. The van der Waals surface area contributed by atoms with Crippen LogP contribution in [0.3, 0.4) is 0 Å². The van der Waals surface area contributed by atoms with Crippen molar-refractivity contribution in [3.63, 3.8) is 0 Å². The molecule has 162 valence electrons. The highest BCUT2D eigenvalue weighted by molar-refractivity contribution is 5.97. The van der Waals surface area contributed by atoms with Crippen LogP contribution in [0.2, 0.25) is 0 Å². The minimum atomic E-state index is -0.557. The van der Waals surface area contributed by atoms with Crippen molar-refractivity contribution in [3.05, 3.63) is 29.2 Å². The molecular formula is C21H28N4O5. The fourth-order valence-corrected chi connectivity index (χ4v) is 3.66. The topological polar surface area (TPSA) is 119 Å². The van der Waals surface area contributed by atoms with Crippen molar-refractivity contribution in [1.82, 2.24) is 14.8 Å². The number of pyridine rings is 1. The van der Waals surface area contributed by atoms with Crippen LogP contribution in [0, 0.1) is 13.8 Å². The number of furan rings is 1. The van der Waals surface area contributed by atoms with Gasteiger partial charge in [0.25, 0.3) is 11.8 Å². The average molecular weight is 416 g/mol. The van der Waals surface area contributed by atoms with Crippen LogP contribution < -0.4 is 5.73 Å². The molecule has 2 aromatic rings. The Morgan fingerprint density at radius 2 is 1.90 bits per heavy atom. The lowest BCUT2D eigenvalue weighted by molar-refractivity contribution is -0.151. The maximum absolute atomic E-state index is 12.1. The Labute approximate surface area is 175 Å². The summed E-state index contributed by atoms with van der Waals surface area (Å²) in [6.45, 7) is 6.78. The van der Waals surface area contributed by atoms with E-state index in [2.05, 4.69) is 4.98 Å². The van der Waals surface area contributed by atoms with Gasteiger partial charge >= 0.3 is 0 Å². The van der Waals surface area contributed by atoms with Gasteiger partial charge in [0, 0.05) is 36.3 Å². The second kappa shape index (κ2) is 9.71. The zero-order valence-corrected chi connectivity index (χ0v) is 17.4. The van der Waals surface area contributed by atoms with Crippen molar-refractivity contribution in [1.29, 1.82) is 0 Å². The van der Waals surface area contributed by atoms with Crippen LogP contribution in [0.5, 0.6) is 0 Å². The zero-order chi connectivity index (χ0) is 21.7.